The third-order valence-electron chi connectivity index (χ3n) is 4.73. The standard InChI is InChI=1S/C16H23N3O/c1-3-19(14-9-12-6-7-13(10-14)18-12)16(20)15-5-4-8-17-11(15)2/h4-5,8,12-14,18H,3,6-7,9-10H2,1-2H3. The highest BCUT2D eigenvalue weighted by Gasteiger charge is 2.37. The molecule has 0 radical (unpaired) electrons. The van der Waals surface area contributed by atoms with Gasteiger partial charge in [0.15, 0.2) is 0 Å². The van der Waals surface area contributed by atoms with Crippen LogP contribution in [0.25, 0.3) is 0 Å². The number of nitrogens with one attached hydrogen (secondary N) is 1. The van der Waals surface area contributed by atoms with Gasteiger partial charge in [-0.2, -0.15) is 0 Å². The second kappa shape index (κ2) is 5.52. The summed E-state index contributed by atoms with van der Waals surface area (Å²) in [5.41, 5.74) is 1.58. The summed E-state index contributed by atoms with van der Waals surface area (Å²) in [5, 5.41) is 3.64. The van der Waals surface area contributed by atoms with Gasteiger partial charge in [-0.1, -0.05) is 0 Å². The summed E-state index contributed by atoms with van der Waals surface area (Å²) < 4.78 is 0. The monoisotopic (exact) mass is 273 g/mol. The number of nitrogens with zero attached hydrogens (tertiary/aromatic N) is 2. The van der Waals surface area contributed by atoms with Gasteiger partial charge in [-0.25, -0.2) is 0 Å². The molecule has 1 aromatic rings. The number of pyridine rings is 1. The molecule has 0 saturated carbocycles. The van der Waals surface area contributed by atoms with E-state index in [9.17, 15) is 4.79 Å². The highest BCUT2D eigenvalue weighted by atomic mass is 16.2. The lowest BCUT2D eigenvalue weighted by molar-refractivity contribution is 0.0630. The Bertz CT molecular complexity index is 490. The molecule has 3 heterocycles. The summed E-state index contributed by atoms with van der Waals surface area (Å²) in [7, 11) is 0. The van der Waals surface area contributed by atoms with E-state index in [2.05, 4.69) is 22.1 Å². The van der Waals surface area contributed by atoms with Crippen molar-refractivity contribution in [3.8, 4) is 0 Å². The topological polar surface area (TPSA) is 45.2 Å². The third kappa shape index (κ3) is 2.44. The summed E-state index contributed by atoms with van der Waals surface area (Å²) in [5.74, 6) is 0.143. The average molecular weight is 273 g/mol. The Labute approximate surface area is 120 Å². The fourth-order valence-corrected chi connectivity index (χ4v) is 3.71. The minimum Gasteiger partial charge on any atom is -0.336 e. The Morgan fingerprint density at radius 2 is 2.10 bits per heavy atom. The molecular formula is C16H23N3O. The molecule has 1 amide bonds. The highest BCUT2D eigenvalue weighted by Crippen LogP contribution is 2.30. The van der Waals surface area contributed by atoms with Gasteiger partial charge in [0, 0.05) is 36.6 Å². The lowest BCUT2D eigenvalue weighted by atomic mass is 9.97. The first kappa shape index (κ1) is 13.6. The zero-order valence-electron chi connectivity index (χ0n) is 12.3. The quantitative estimate of drug-likeness (QED) is 0.917. The van der Waals surface area contributed by atoms with Crippen LogP contribution in [0, 0.1) is 6.92 Å². The smallest absolute Gasteiger partial charge is 0.255 e. The van der Waals surface area contributed by atoms with Gasteiger partial charge in [0.2, 0.25) is 0 Å². The SMILES string of the molecule is CCN(C(=O)c1cccnc1C)C1CC2CCC(C1)N2. The van der Waals surface area contributed by atoms with Crippen molar-refractivity contribution in [3.05, 3.63) is 29.6 Å². The molecule has 4 heteroatoms. The Balaban J connectivity index is 1.79. The fourth-order valence-electron chi connectivity index (χ4n) is 3.71. The molecule has 0 spiro atoms. The normalized spacial score (nSPS) is 28.4. The molecule has 2 aliphatic heterocycles. The van der Waals surface area contributed by atoms with Crippen molar-refractivity contribution in [3.63, 3.8) is 0 Å². The lowest BCUT2D eigenvalue weighted by Crippen LogP contribution is -2.50. The molecule has 20 heavy (non-hydrogen) atoms. The summed E-state index contributed by atoms with van der Waals surface area (Å²) in [6, 6.07) is 5.33. The van der Waals surface area contributed by atoms with E-state index >= 15 is 0 Å². The number of hydrogen-bond acceptors (Lipinski definition) is 3. The maximum absolute atomic E-state index is 12.8. The van der Waals surface area contributed by atoms with Crippen LogP contribution < -0.4 is 5.32 Å². The number of carbonyl (C=O) groups is 1. The summed E-state index contributed by atoms with van der Waals surface area (Å²) >= 11 is 0. The zero-order chi connectivity index (χ0) is 14.1. The van der Waals surface area contributed by atoms with Crippen LogP contribution >= 0.6 is 0 Å². The maximum atomic E-state index is 12.8. The molecule has 108 valence electrons. The van der Waals surface area contributed by atoms with Crippen LogP contribution in [0.1, 0.15) is 48.7 Å². The van der Waals surface area contributed by atoms with E-state index in [-0.39, 0.29) is 5.91 Å². The minimum atomic E-state index is 0.143. The number of rotatable bonds is 3. The van der Waals surface area contributed by atoms with Crippen molar-refractivity contribution in [1.82, 2.24) is 15.2 Å². The molecular weight excluding hydrogens is 250 g/mol. The summed E-state index contributed by atoms with van der Waals surface area (Å²) in [6.07, 6.45) is 6.45. The van der Waals surface area contributed by atoms with Crippen molar-refractivity contribution < 1.29 is 4.79 Å². The van der Waals surface area contributed by atoms with Crippen LogP contribution in [-0.4, -0.2) is 40.5 Å². The van der Waals surface area contributed by atoms with Gasteiger partial charge in [0.1, 0.15) is 0 Å². The van der Waals surface area contributed by atoms with E-state index in [1.807, 2.05) is 19.1 Å². The van der Waals surface area contributed by atoms with Crippen molar-refractivity contribution in [2.24, 2.45) is 0 Å². The van der Waals surface area contributed by atoms with E-state index in [1.54, 1.807) is 6.20 Å². The number of carbonyl (C=O) groups excluding carboxylic acids is 1. The van der Waals surface area contributed by atoms with Crippen molar-refractivity contribution in [2.75, 3.05) is 6.54 Å². The van der Waals surface area contributed by atoms with E-state index in [0.717, 1.165) is 30.6 Å². The van der Waals surface area contributed by atoms with Gasteiger partial charge in [-0.15, -0.1) is 0 Å². The molecule has 2 aliphatic rings. The zero-order valence-corrected chi connectivity index (χ0v) is 12.3. The van der Waals surface area contributed by atoms with Crippen molar-refractivity contribution in [2.45, 2.75) is 57.7 Å². The van der Waals surface area contributed by atoms with E-state index in [0.29, 0.717) is 18.1 Å². The Hall–Kier alpha value is -1.42. The molecule has 4 nitrogen and oxygen atoms in total. The maximum Gasteiger partial charge on any atom is 0.255 e. The predicted molar refractivity (Wildman–Crippen MR) is 78.7 cm³/mol. The van der Waals surface area contributed by atoms with Gasteiger partial charge in [0.25, 0.3) is 5.91 Å². The Kier molecular flexibility index (Phi) is 3.74. The predicted octanol–water partition coefficient (Wildman–Crippen LogP) is 2.14. The molecule has 2 bridgehead atoms. The first-order chi connectivity index (χ1) is 9.69. The van der Waals surface area contributed by atoms with Gasteiger partial charge >= 0.3 is 0 Å². The summed E-state index contributed by atoms with van der Waals surface area (Å²) in [4.78, 5) is 19.1. The molecule has 2 fully saturated rings. The second-order valence-corrected chi connectivity index (χ2v) is 5.99. The molecule has 1 N–H and O–H groups in total. The van der Waals surface area contributed by atoms with Gasteiger partial charge in [0.05, 0.1) is 5.56 Å². The number of amides is 1. The van der Waals surface area contributed by atoms with E-state index in [4.69, 9.17) is 0 Å². The Morgan fingerprint density at radius 3 is 2.70 bits per heavy atom. The number of hydrogen-bond donors (Lipinski definition) is 1. The first-order valence-corrected chi connectivity index (χ1v) is 7.67. The molecule has 2 unspecified atom stereocenters. The molecule has 1 aromatic heterocycles. The van der Waals surface area contributed by atoms with Gasteiger partial charge in [-0.3, -0.25) is 9.78 Å². The molecule has 2 atom stereocenters. The fraction of sp³-hybridized carbons (Fsp3) is 0.625. The number of aryl methyl sites for hydroxylation is 1. The summed E-state index contributed by atoms with van der Waals surface area (Å²) in [6.45, 7) is 4.76. The molecule has 2 saturated heterocycles. The van der Waals surface area contributed by atoms with Crippen molar-refractivity contribution >= 4 is 5.91 Å². The molecule has 0 aromatic carbocycles. The molecule has 0 aliphatic carbocycles. The van der Waals surface area contributed by atoms with Gasteiger partial charge in [-0.05, 0) is 51.7 Å². The molecule has 3 rings (SSSR count). The highest BCUT2D eigenvalue weighted by molar-refractivity contribution is 5.95. The number of piperidine rings is 1. The second-order valence-electron chi connectivity index (χ2n) is 5.99. The Morgan fingerprint density at radius 1 is 1.40 bits per heavy atom. The third-order valence-corrected chi connectivity index (χ3v) is 4.73. The van der Waals surface area contributed by atoms with Crippen LogP contribution in [0.2, 0.25) is 0 Å². The first-order valence-electron chi connectivity index (χ1n) is 7.67. The van der Waals surface area contributed by atoms with Crippen LogP contribution in [0.3, 0.4) is 0 Å². The number of aromatic nitrogens is 1. The van der Waals surface area contributed by atoms with Gasteiger partial charge < -0.3 is 10.2 Å². The van der Waals surface area contributed by atoms with Crippen LogP contribution in [0.15, 0.2) is 18.3 Å². The average Bonchev–Trinajstić information content (AvgIpc) is 2.79. The lowest BCUT2D eigenvalue weighted by Gasteiger charge is -2.37. The largest absolute Gasteiger partial charge is 0.336 e. The van der Waals surface area contributed by atoms with Crippen LogP contribution in [0.4, 0.5) is 0 Å². The van der Waals surface area contributed by atoms with Crippen LogP contribution in [-0.2, 0) is 0 Å². The van der Waals surface area contributed by atoms with Crippen molar-refractivity contribution in [1.29, 1.82) is 0 Å². The van der Waals surface area contributed by atoms with Crippen LogP contribution in [0.5, 0.6) is 0 Å². The van der Waals surface area contributed by atoms with E-state index < -0.39 is 0 Å². The number of fused-ring (bicyclic) bond motifs is 2. The van der Waals surface area contributed by atoms with E-state index in [1.165, 1.54) is 12.8 Å². The minimum absolute atomic E-state index is 0.143.